The van der Waals surface area contributed by atoms with E-state index < -0.39 is 0 Å². The second kappa shape index (κ2) is 14.3. The fourth-order valence-corrected chi connectivity index (χ4v) is 2.12. The van der Waals surface area contributed by atoms with Crippen LogP contribution in [-0.2, 0) is 4.74 Å². The van der Waals surface area contributed by atoms with Gasteiger partial charge in [0.15, 0.2) is 0 Å². The summed E-state index contributed by atoms with van der Waals surface area (Å²) in [5.41, 5.74) is 0. The predicted molar refractivity (Wildman–Crippen MR) is 84.8 cm³/mol. The van der Waals surface area contributed by atoms with Gasteiger partial charge in [0.2, 0.25) is 0 Å². The van der Waals surface area contributed by atoms with Gasteiger partial charge in [-0.3, -0.25) is 4.90 Å². The van der Waals surface area contributed by atoms with Crippen molar-refractivity contribution in [1.29, 1.82) is 0 Å². The molecule has 0 aliphatic carbocycles. The molecule has 0 bridgehead atoms. The minimum Gasteiger partial charge on any atom is -0.382 e. The maximum Gasteiger partial charge on any atom is 0.0466 e. The van der Waals surface area contributed by atoms with Crippen LogP contribution in [0.2, 0.25) is 0 Å². The topological polar surface area (TPSA) is 24.5 Å². The van der Waals surface area contributed by atoms with Crippen LogP contribution < -0.4 is 5.32 Å². The molecular weight excluding hydrogens is 236 g/mol. The quantitative estimate of drug-likeness (QED) is 0.491. The zero-order valence-corrected chi connectivity index (χ0v) is 13.7. The highest BCUT2D eigenvalue weighted by atomic mass is 16.5. The van der Waals surface area contributed by atoms with Crippen molar-refractivity contribution >= 4 is 0 Å². The maximum atomic E-state index is 5.33. The highest BCUT2D eigenvalue weighted by molar-refractivity contribution is 4.67. The first-order valence-corrected chi connectivity index (χ1v) is 8.28. The summed E-state index contributed by atoms with van der Waals surface area (Å²) in [7, 11) is 0. The van der Waals surface area contributed by atoms with Crippen molar-refractivity contribution in [1.82, 2.24) is 10.2 Å². The van der Waals surface area contributed by atoms with Crippen molar-refractivity contribution in [2.45, 2.75) is 65.8 Å². The summed E-state index contributed by atoms with van der Waals surface area (Å²) in [6, 6.07) is 0.714. The van der Waals surface area contributed by atoms with E-state index in [1.165, 1.54) is 45.2 Å². The molecule has 19 heavy (non-hydrogen) atoms. The Morgan fingerprint density at radius 2 is 1.79 bits per heavy atom. The summed E-state index contributed by atoms with van der Waals surface area (Å²) in [4.78, 5) is 2.62. The lowest BCUT2D eigenvalue weighted by Crippen LogP contribution is -2.39. The average Bonchev–Trinajstić information content (AvgIpc) is 2.44. The molecule has 0 aromatic rings. The molecule has 0 rings (SSSR count). The highest BCUT2D eigenvalue weighted by Gasteiger charge is 2.10. The van der Waals surface area contributed by atoms with E-state index in [0.717, 1.165) is 26.3 Å². The molecular formula is C16H36N2O. The molecule has 0 spiro atoms. The van der Waals surface area contributed by atoms with Gasteiger partial charge in [-0.1, -0.05) is 20.3 Å². The van der Waals surface area contributed by atoms with Gasteiger partial charge < -0.3 is 10.1 Å². The van der Waals surface area contributed by atoms with Gasteiger partial charge in [-0.05, 0) is 52.6 Å². The standard InChI is InChI=1S/C16H36N2O/c1-5-8-13-18(16(4)6-2)14-12-17-11-9-10-15-19-7-3/h16-17H,5-15H2,1-4H3. The Balaban J connectivity index is 3.52. The third-order valence-electron chi connectivity index (χ3n) is 3.69. The van der Waals surface area contributed by atoms with Crippen LogP contribution in [0.15, 0.2) is 0 Å². The molecule has 1 unspecified atom stereocenters. The first kappa shape index (κ1) is 18.9. The summed E-state index contributed by atoms with van der Waals surface area (Å²) >= 11 is 0. The molecule has 0 aliphatic heterocycles. The number of nitrogens with one attached hydrogen (secondary N) is 1. The van der Waals surface area contributed by atoms with E-state index in [4.69, 9.17) is 4.74 Å². The van der Waals surface area contributed by atoms with Crippen LogP contribution in [0.4, 0.5) is 0 Å². The van der Waals surface area contributed by atoms with E-state index in [1.54, 1.807) is 0 Å². The fraction of sp³-hybridized carbons (Fsp3) is 1.00. The van der Waals surface area contributed by atoms with E-state index in [0.29, 0.717) is 6.04 Å². The number of nitrogens with zero attached hydrogens (tertiary/aromatic N) is 1. The van der Waals surface area contributed by atoms with Crippen LogP contribution in [0.25, 0.3) is 0 Å². The molecule has 0 saturated carbocycles. The molecule has 0 aromatic carbocycles. The Hall–Kier alpha value is -0.120. The molecule has 3 heteroatoms. The van der Waals surface area contributed by atoms with Crippen LogP contribution in [-0.4, -0.2) is 50.3 Å². The normalized spacial score (nSPS) is 13.1. The van der Waals surface area contributed by atoms with Crippen molar-refractivity contribution in [2.24, 2.45) is 0 Å². The van der Waals surface area contributed by atoms with Crippen LogP contribution in [0.1, 0.15) is 59.8 Å². The van der Waals surface area contributed by atoms with E-state index in [1.807, 2.05) is 0 Å². The van der Waals surface area contributed by atoms with Crippen molar-refractivity contribution in [3.8, 4) is 0 Å². The maximum absolute atomic E-state index is 5.33. The van der Waals surface area contributed by atoms with Crippen LogP contribution in [0.3, 0.4) is 0 Å². The number of ether oxygens (including phenoxy) is 1. The van der Waals surface area contributed by atoms with Crippen molar-refractivity contribution < 1.29 is 4.74 Å². The Kier molecular flexibility index (Phi) is 14.2. The van der Waals surface area contributed by atoms with E-state index >= 15 is 0 Å². The number of rotatable bonds is 14. The summed E-state index contributed by atoms with van der Waals surface area (Å²) in [6.07, 6.45) is 6.25. The first-order chi connectivity index (χ1) is 9.26. The Morgan fingerprint density at radius 1 is 1.00 bits per heavy atom. The summed E-state index contributed by atoms with van der Waals surface area (Å²) in [5.74, 6) is 0. The third kappa shape index (κ3) is 11.4. The lowest BCUT2D eigenvalue weighted by molar-refractivity contribution is 0.143. The zero-order valence-electron chi connectivity index (χ0n) is 13.7. The van der Waals surface area contributed by atoms with Gasteiger partial charge in [-0.15, -0.1) is 0 Å². The van der Waals surface area contributed by atoms with Crippen LogP contribution >= 0.6 is 0 Å². The molecule has 0 saturated heterocycles. The molecule has 1 N–H and O–H groups in total. The largest absolute Gasteiger partial charge is 0.382 e. The first-order valence-electron chi connectivity index (χ1n) is 8.28. The van der Waals surface area contributed by atoms with E-state index in [2.05, 4.69) is 37.9 Å². The Morgan fingerprint density at radius 3 is 2.42 bits per heavy atom. The lowest BCUT2D eigenvalue weighted by Gasteiger charge is -2.28. The SMILES string of the molecule is CCCCN(CCNCCCCOCC)C(C)CC. The molecule has 1 atom stereocenters. The smallest absolute Gasteiger partial charge is 0.0466 e. The number of unbranched alkanes of at least 4 members (excludes halogenated alkanes) is 2. The minimum absolute atomic E-state index is 0.714. The molecule has 0 radical (unpaired) electrons. The average molecular weight is 272 g/mol. The molecule has 116 valence electrons. The Bertz CT molecular complexity index is 176. The minimum atomic E-state index is 0.714. The van der Waals surface area contributed by atoms with Gasteiger partial charge in [0, 0.05) is 32.3 Å². The lowest BCUT2D eigenvalue weighted by atomic mass is 10.2. The Labute approximate surface area is 121 Å². The van der Waals surface area contributed by atoms with Crippen LogP contribution in [0.5, 0.6) is 0 Å². The second-order valence-electron chi connectivity index (χ2n) is 5.30. The molecule has 0 aliphatic rings. The van der Waals surface area contributed by atoms with Gasteiger partial charge in [-0.25, -0.2) is 0 Å². The second-order valence-corrected chi connectivity index (χ2v) is 5.30. The third-order valence-corrected chi connectivity index (χ3v) is 3.69. The van der Waals surface area contributed by atoms with E-state index in [-0.39, 0.29) is 0 Å². The fourth-order valence-electron chi connectivity index (χ4n) is 2.12. The summed E-state index contributed by atoms with van der Waals surface area (Å²) < 4.78 is 5.33. The predicted octanol–water partition coefficient (Wildman–Crippen LogP) is 3.29. The number of hydrogen-bond donors (Lipinski definition) is 1. The zero-order chi connectivity index (χ0) is 14.3. The monoisotopic (exact) mass is 272 g/mol. The van der Waals surface area contributed by atoms with Crippen molar-refractivity contribution in [2.75, 3.05) is 39.4 Å². The summed E-state index contributed by atoms with van der Waals surface area (Å²) in [6.45, 7) is 15.4. The van der Waals surface area contributed by atoms with Crippen molar-refractivity contribution in [3.05, 3.63) is 0 Å². The van der Waals surface area contributed by atoms with Gasteiger partial charge in [-0.2, -0.15) is 0 Å². The van der Waals surface area contributed by atoms with Gasteiger partial charge >= 0.3 is 0 Å². The van der Waals surface area contributed by atoms with Crippen molar-refractivity contribution in [3.63, 3.8) is 0 Å². The van der Waals surface area contributed by atoms with Gasteiger partial charge in [0.25, 0.3) is 0 Å². The highest BCUT2D eigenvalue weighted by Crippen LogP contribution is 2.04. The molecule has 0 aromatic heterocycles. The molecule has 0 amide bonds. The van der Waals surface area contributed by atoms with Gasteiger partial charge in [0.05, 0.1) is 0 Å². The number of hydrogen-bond acceptors (Lipinski definition) is 3. The van der Waals surface area contributed by atoms with Gasteiger partial charge in [0.1, 0.15) is 0 Å². The molecule has 3 nitrogen and oxygen atoms in total. The van der Waals surface area contributed by atoms with E-state index in [9.17, 15) is 0 Å². The van der Waals surface area contributed by atoms with Crippen LogP contribution in [0, 0.1) is 0 Å². The summed E-state index contributed by atoms with van der Waals surface area (Å²) in [5, 5.41) is 3.55. The molecule has 0 fully saturated rings. The molecule has 0 heterocycles.